The largest absolute Gasteiger partial charge is 0.466 e. The number of hydrogen-bond acceptors (Lipinski definition) is 6. The Labute approximate surface area is 87.0 Å². The van der Waals surface area contributed by atoms with Crippen molar-refractivity contribution in [3.05, 3.63) is 0 Å². The van der Waals surface area contributed by atoms with E-state index in [1.807, 2.05) is 0 Å². The zero-order valence-electron chi connectivity index (χ0n) is 8.47. The van der Waals surface area contributed by atoms with Gasteiger partial charge in [0.2, 0.25) is 5.91 Å². The maximum absolute atomic E-state index is 11.0. The summed E-state index contributed by atoms with van der Waals surface area (Å²) in [5.74, 6) is 9.25. The van der Waals surface area contributed by atoms with Gasteiger partial charge in [-0.1, -0.05) is 0 Å². The summed E-state index contributed by atoms with van der Waals surface area (Å²) >= 11 is 0. The van der Waals surface area contributed by atoms with Crippen molar-refractivity contribution in [1.29, 1.82) is 0 Å². The molecule has 0 aromatic carbocycles. The van der Waals surface area contributed by atoms with Crippen molar-refractivity contribution < 1.29 is 14.3 Å². The number of carbonyl (C=O) groups is 2. The van der Waals surface area contributed by atoms with Crippen LogP contribution in [0.5, 0.6) is 0 Å². The minimum absolute atomic E-state index is 0.0345. The van der Waals surface area contributed by atoms with Crippen LogP contribution in [0.1, 0.15) is 13.3 Å². The molecule has 86 valence electrons. The fraction of sp³-hybridized carbons (Fsp3) is 0.571. The summed E-state index contributed by atoms with van der Waals surface area (Å²) < 4.78 is 4.66. The van der Waals surface area contributed by atoms with E-state index < -0.39 is 11.9 Å². The quantitative estimate of drug-likeness (QED) is 0.158. The third kappa shape index (κ3) is 5.47. The van der Waals surface area contributed by atoms with Crippen LogP contribution in [0, 0.1) is 0 Å². The van der Waals surface area contributed by atoms with Crippen LogP contribution in [0.15, 0.2) is 5.10 Å². The second-order valence-corrected chi connectivity index (χ2v) is 2.62. The zero-order valence-corrected chi connectivity index (χ0v) is 8.47. The van der Waals surface area contributed by atoms with Gasteiger partial charge in [-0.3, -0.25) is 14.6 Å². The van der Waals surface area contributed by atoms with Crippen molar-refractivity contribution >= 4 is 17.7 Å². The van der Waals surface area contributed by atoms with Gasteiger partial charge >= 0.3 is 5.97 Å². The number of amidine groups is 1. The molecule has 8 nitrogen and oxygen atoms in total. The summed E-state index contributed by atoms with van der Waals surface area (Å²) in [6.07, 6.45) is -0.200. The molecule has 0 aliphatic carbocycles. The highest BCUT2D eigenvalue weighted by atomic mass is 16.5. The number of ether oxygens (including phenoxy) is 1. The number of esters is 1. The van der Waals surface area contributed by atoms with Gasteiger partial charge in [-0.2, -0.15) is 5.10 Å². The summed E-state index contributed by atoms with van der Waals surface area (Å²) in [6.45, 7) is 1.65. The third-order valence-electron chi connectivity index (χ3n) is 1.41. The molecule has 0 fully saturated rings. The molecule has 8 heteroatoms. The molecule has 0 saturated carbocycles. The Morgan fingerprint density at radius 1 is 1.47 bits per heavy atom. The standard InChI is InChI=1S/C7H15N5O3/c1-2-15-7(14)3-6(11-9)12(10)4-5(8)13/h2-4,9-10H2,1H3,(H2,8,13)/b11-6-. The van der Waals surface area contributed by atoms with Crippen LogP contribution in [-0.2, 0) is 14.3 Å². The topological polar surface area (TPSA) is 137 Å². The minimum Gasteiger partial charge on any atom is -0.466 e. The second kappa shape index (κ2) is 6.60. The normalized spacial score (nSPS) is 10.9. The van der Waals surface area contributed by atoms with Crippen LogP contribution >= 0.6 is 0 Å². The fourth-order valence-electron chi connectivity index (χ4n) is 0.822. The van der Waals surface area contributed by atoms with E-state index in [-0.39, 0.29) is 25.4 Å². The molecule has 0 radical (unpaired) electrons. The number of hydrazone groups is 1. The Hall–Kier alpha value is -1.83. The molecule has 0 bridgehead atoms. The molecule has 0 unspecified atom stereocenters. The van der Waals surface area contributed by atoms with Crippen LogP contribution in [0.25, 0.3) is 0 Å². The zero-order chi connectivity index (χ0) is 11.8. The van der Waals surface area contributed by atoms with Crippen LogP contribution in [0.4, 0.5) is 0 Å². The summed E-state index contributed by atoms with van der Waals surface area (Å²) in [7, 11) is 0. The van der Waals surface area contributed by atoms with Gasteiger partial charge in [-0.05, 0) is 6.92 Å². The molecular weight excluding hydrogens is 202 g/mol. The Morgan fingerprint density at radius 3 is 2.47 bits per heavy atom. The van der Waals surface area contributed by atoms with Crippen LogP contribution in [0.3, 0.4) is 0 Å². The Bertz CT molecular complexity index is 265. The van der Waals surface area contributed by atoms with Gasteiger partial charge in [-0.15, -0.1) is 0 Å². The highest BCUT2D eigenvalue weighted by molar-refractivity contribution is 5.98. The van der Waals surface area contributed by atoms with Crippen LogP contribution in [0.2, 0.25) is 0 Å². The van der Waals surface area contributed by atoms with E-state index in [0.29, 0.717) is 0 Å². The fourth-order valence-corrected chi connectivity index (χ4v) is 0.822. The first-order chi connectivity index (χ1) is 7.01. The number of nitrogens with two attached hydrogens (primary N) is 3. The van der Waals surface area contributed by atoms with Gasteiger partial charge in [0.05, 0.1) is 6.61 Å². The summed E-state index contributed by atoms with van der Waals surface area (Å²) in [6, 6.07) is 0. The van der Waals surface area contributed by atoms with Gasteiger partial charge in [0.15, 0.2) is 0 Å². The first-order valence-electron chi connectivity index (χ1n) is 4.24. The molecule has 0 heterocycles. The second-order valence-electron chi connectivity index (χ2n) is 2.62. The van der Waals surface area contributed by atoms with E-state index in [0.717, 1.165) is 5.01 Å². The van der Waals surface area contributed by atoms with E-state index in [1.54, 1.807) is 6.92 Å². The predicted molar refractivity (Wildman–Crippen MR) is 53.0 cm³/mol. The Kier molecular flexibility index (Phi) is 5.79. The molecule has 0 aromatic heterocycles. The highest BCUT2D eigenvalue weighted by Crippen LogP contribution is 1.93. The number of hydrazine groups is 1. The third-order valence-corrected chi connectivity index (χ3v) is 1.41. The van der Waals surface area contributed by atoms with Crippen LogP contribution < -0.4 is 17.4 Å². The maximum atomic E-state index is 11.0. The summed E-state index contributed by atoms with van der Waals surface area (Å²) in [5, 5.41) is 4.17. The number of amides is 1. The monoisotopic (exact) mass is 217 g/mol. The molecule has 0 aliphatic heterocycles. The summed E-state index contributed by atoms with van der Waals surface area (Å²) in [4.78, 5) is 21.6. The average Bonchev–Trinajstić information content (AvgIpc) is 2.13. The van der Waals surface area contributed by atoms with Crippen molar-refractivity contribution in [2.45, 2.75) is 13.3 Å². The molecule has 0 saturated heterocycles. The van der Waals surface area contributed by atoms with E-state index in [9.17, 15) is 9.59 Å². The molecule has 0 atom stereocenters. The summed E-state index contributed by atoms with van der Waals surface area (Å²) in [5.41, 5.74) is 4.90. The SMILES string of the molecule is CCOC(=O)C/C(=N/N)N(N)CC(N)=O. The maximum Gasteiger partial charge on any atom is 0.313 e. The molecule has 1 amide bonds. The number of nitrogens with zero attached hydrogens (tertiary/aromatic N) is 2. The van der Waals surface area contributed by atoms with E-state index in [1.165, 1.54) is 0 Å². The average molecular weight is 217 g/mol. The molecule has 0 spiro atoms. The molecule has 0 aliphatic rings. The highest BCUT2D eigenvalue weighted by Gasteiger charge is 2.14. The minimum atomic E-state index is -0.650. The number of hydrogen-bond donors (Lipinski definition) is 3. The lowest BCUT2D eigenvalue weighted by molar-refractivity contribution is -0.141. The molecule has 6 N–H and O–H groups in total. The van der Waals surface area contributed by atoms with Crippen molar-refractivity contribution in [3.8, 4) is 0 Å². The Balaban J connectivity index is 4.25. The van der Waals surface area contributed by atoms with E-state index in [2.05, 4.69) is 9.84 Å². The van der Waals surface area contributed by atoms with Crippen molar-refractivity contribution in [1.82, 2.24) is 5.01 Å². The molecular formula is C7H15N5O3. The van der Waals surface area contributed by atoms with Crippen LogP contribution in [-0.4, -0.2) is 35.9 Å². The van der Waals surface area contributed by atoms with Crippen molar-refractivity contribution in [2.75, 3.05) is 13.2 Å². The van der Waals surface area contributed by atoms with Crippen molar-refractivity contribution in [2.24, 2.45) is 22.5 Å². The van der Waals surface area contributed by atoms with Gasteiger partial charge in [0.1, 0.15) is 18.8 Å². The number of carbonyl (C=O) groups excluding carboxylic acids is 2. The lowest BCUT2D eigenvalue weighted by atomic mass is 10.3. The lowest BCUT2D eigenvalue weighted by Crippen LogP contribution is -2.44. The van der Waals surface area contributed by atoms with Crippen molar-refractivity contribution in [3.63, 3.8) is 0 Å². The van der Waals surface area contributed by atoms with Gasteiger partial charge in [0, 0.05) is 0 Å². The molecule has 0 aromatic rings. The van der Waals surface area contributed by atoms with E-state index >= 15 is 0 Å². The van der Waals surface area contributed by atoms with E-state index in [4.69, 9.17) is 17.4 Å². The molecule has 0 rings (SSSR count). The van der Waals surface area contributed by atoms with Gasteiger partial charge in [-0.25, -0.2) is 5.84 Å². The van der Waals surface area contributed by atoms with Gasteiger partial charge in [0.25, 0.3) is 0 Å². The number of primary amides is 1. The van der Waals surface area contributed by atoms with Gasteiger partial charge < -0.3 is 16.3 Å². The smallest absolute Gasteiger partial charge is 0.313 e. The lowest BCUT2D eigenvalue weighted by Gasteiger charge is -2.17. The Morgan fingerprint density at radius 2 is 2.07 bits per heavy atom. The predicted octanol–water partition coefficient (Wildman–Crippen LogP) is -2.13. The molecule has 15 heavy (non-hydrogen) atoms. The first kappa shape index (κ1) is 13.2. The first-order valence-corrected chi connectivity index (χ1v) is 4.24. The number of rotatable bonds is 5.